The third-order valence-corrected chi connectivity index (χ3v) is 13.1. The first-order valence-corrected chi connectivity index (χ1v) is 23.2. The van der Waals surface area contributed by atoms with E-state index >= 15 is 0 Å². The molecule has 3 aliphatic rings. The van der Waals surface area contributed by atoms with Crippen molar-refractivity contribution in [3.8, 4) is 23.0 Å². The zero-order chi connectivity index (χ0) is 47.5. The van der Waals surface area contributed by atoms with Gasteiger partial charge in [0.15, 0.2) is 33.9 Å². The molecule has 0 bridgehead atoms. The molecule has 9 rings (SSSR count). The smallest absolute Gasteiger partial charge is 0.340 e. The van der Waals surface area contributed by atoms with E-state index in [-0.39, 0.29) is 23.1 Å². The predicted molar refractivity (Wildman–Crippen MR) is 253 cm³/mol. The van der Waals surface area contributed by atoms with Crippen LogP contribution in [-0.4, -0.2) is 105 Å². The third-order valence-electron chi connectivity index (χ3n) is 11.8. The molecular formula is C46H45N9O11S2. The van der Waals surface area contributed by atoms with Crippen LogP contribution >= 0.6 is 24.0 Å². The van der Waals surface area contributed by atoms with Crippen molar-refractivity contribution in [3.63, 3.8) is 0 Å². The van der Waals surface area contributed by atoms with Crippen LogP contribution in [0.15, 0.2) is 91.5 Å². The molecule has 1 spiro atoms. The molecule has 4 atom stereocenters. The molecule has 0 unspecified atom stereocenters. The number of rotatable bonds is 17. The van der Waals surface area contributed by atoms with Gasteiger partial charge in [0.25, 0.3) is 5.69 Å². The van der Waals surface area contributed by atoms with Gasteiger partial charge in [-0.25, -0.2) is 19.7 Å². The molecule has 8 N–H and O–H groups in total. The number of nitrogens with zero attached hydrogens (tertiary/aromatic N) is 5. The Balaban J connectivity index is 0.672. The summed E-state index contributed by atoms with van der Waals surface area (Å²) in [4.78, 5) is 49.5. The highest BCUT2D eigenvalue weighted by molar-refractivity contribution is 7.99. The summed E-state index contributed by atoms with van der Waals surface area (Å²) in [5.74, 6) is 1.27. The number of hydrogen-bond donors (Lipinski definition) is 8. The first-order valence-electron chi connectivity index (χ1n) is 21.7. The van der Waals surface area contributed by atoms with Gasteiger partial charge in [-0.3, -0.25) is 19.5 Å². The number of carbonyl (C=O) groups is 2. The van der Waals surface area contributed by atoms with E-state index < -0.39 is 41.0 Å². The number of carbonyl (C=O) groups excluding carboxylic acids is 2. The molecule has 0 saturated carbocycles. The van der Waals surface area contributed by atoms with Gasteiger partial charge in [-0.1, -0.05) is 24.6 Å². The van der Waals surface area contributed by atoms with E-state index in [0.717, 1.165) is 18.4 Å². The summed E-state index contributed by atoms with van der Waals surface area (Å²) in [7, 11) is 0. The largest absolute Gasteiger partial charge is 0.508 e. The maximum atomic E-state index is 13.4. The molecule has 352 valence electrons. The Bertz CT molecular complexity index is 2850. The number of non-ortho nitro benzene ring substituents is 1. The number of phenolic OH excluding ortho intramolecular Hbond substituents is 2. The fraction of sp³-hybridized carbons (Fsp3) is 0.304. The second-order valence-corrected chi connectivity index (χ2v) is 17.8. The van der Waals surface area contributed by atoms with E-state index in [1.807, 2.05) is 0 Å². The number of imidazole rings is 1. The molecule has 4 aromatic carbocycles. The van der Waals surface area contributed by atoms with Crippen LogP contribution < -0.4 is 26.0 Å². The fourth-order valence-electron chi connectivity index (χ4n) is 8.48. The van der Waals surface area contributed by atoms with Crippen LogP contribution in [0.4, 0.5) is 17.2 Å². The fourth-order valence-corrected chi connectivity index (χ4v) is 9.62. The van der Waals surface area contributed by atoms with Crippen molar-refractivity contribution in [3.05, 3.63) is 129 Å². The topological polar surface area (TPSA) is 278 Å². The highest BCUT2D eigenvalue weighted by Crippen LogP contribution is 2.57. The quantitative estimate of drug-likeness (QED) is 0.0188. The van der Waals surface area contributed by atoms with Crippen molar-refractivity contribution in [2.24, 2.45) is 0 Å². The van der Waals surface area contributed by atoms with Crippen molar-refractivity contribution >= 4 is 69.3 Å². The average Bonchev–Trinajstić information content (AvgIpc) is 3.97. The molecular weight excluding hydrogens is 919 g/mol. The number of unbranched alkanes of at least 4 members (excludes halogenated alkanes) is 2. The van der Waals surface area contributed by atoms with Crippen molar-refractivity contribution in [2.75, 3.05) is 35.2 Å². The van der Waals surface area contributed by atoms with Crippen LogP contribution in [-0.2, 0) is 26.4 Å². The van der Waals surface area contributed by atoms with Gasteiger partial charge in [-0.05, 0) is 67.0 Å². The number of ether oxygens (including phenoxy) is 3. The zero-order valence-corrected chi connectivity index (χ0v) is 37.7. The number of esters is 1. The Morgan fingerprint density at radius 2 is 1.62 bits per heavy atom. The van der Waals surface area contributed by atoms with Gasteiger partial charge in [0.1, 0.15) is 41.5 Å². The van der Waals surface area contributed by atoms with Crippen LogP contribution in [0.3, 0.4) is 0 Å². The number of aromatic nitrogens is 4. The number of nitro benzene ring substituents is 1. The van der Waals surface area contributed by atoms with Crippen LogP contribution in [0.1, 0.15) is 64.5 Å². The highest BCUT2D eigenvalue weighted by atomic mass is 32.2. The number of thiocarbonyl (C=S) groups is 1. The number of nitro groups is 1. The lowest BCUT2D eigenvalue weighted by Crippen LogP contribution is -2.33. The van der Waals surface area contributed by atoms with Gasteiger partial charge in [-0.15, -0.1) is 0 Å². The Labute approximate surface area is 397 Å². The number of nitrogens with one attached hydrogen (secondary N) is 4. The van der Waals surface area contributed by atoms with Crippen molar-refractivity contribution in [2.45, 2.75) is 62.4 Å². The van der Waals surface area contributed by atoms with Gasteiger partial charge in [0, 0.05) is 84.2 Å². The number of amides is 1. The number of thioether (sulfide) groups is 1. The summed E-state index contributed by atoms with van der Waals surface area (Å²) in [5, 5.41) is 65.8. The van der Waals surface area contributed by atoms with E-state index in [9.17, 15) is 40.1 Å². The lowest BCUT2D eigenvalue weighted by atomic mass is 9.77. The van der Waals surface area contributed by atoms with Crippen LogP contribution in [0, 0.1) is 10.1 Å². The summed E-state index contributed by atoms with van der Waals surface area (Å²) >= 11 is 7.00. The van der Waals surface area contributed by atoms with Gasteiger partial charge in [-0.2, -0.15) is 11.8 Å². The second-order valence-electron chi connectivity index (χ2n) is 16.3. The van der Waals surface area contributed by atoms with Crippen molar-refractivity contribution in [1.82, 2.24) is 30.2 Å². The van der Waals surface area contributed by atoms with Gasteiger partial charge in [0.2, 0.25) is 5.91 Å². The van der Waals surface area contributed by atoms with E-state index in [1.54, 1.807) is 47.0 Å². The molecule has 3 aliphatic heterocycles. The Morgan fingerprint density at radius 1 is 0.882 bits per heavy atom. The zero-order valence-electron chi connectivity index (χ0n) is 36.0. The van der Waals surface area contributed by atoms with E-state index in [1.165, 1.54) is 60.8 Å². The Hall–Kier alpha value is -7.11. The summed E-state index contributed by atoms with van der Waals surface area (Å²) in [6, 6.07) is 20.6. The van der Waals surface area contributed by atoms with Crippen molar-refractivity contribution in [1.29, 1.82) is 0 Å². The van der Waals surface area contributed by atoms with E-state index in [2.05, 4.69) is 36.2 Å². The number of hydrogen-bond acceptors (Lipinski definition) is 17. The molecule has 5 heterocycles. The highest BCUT2D eigenvalue weighted by Gasteiger charge is 2.54. The average molecular weight is 964 g/mol. The second kappa shape index (κ2) is 19.6. The lowest BCUT2D eigenvalue weighted by molar-refractivity contribution is -0.384. The summed E-state index contributed by atoms with van der Waals surface area (Å²) in [5.41, 5.74) is 2.77. The normalized spacial score (nSPS) is 18.5. The molecule has 2 aromatic heterocycles. The summed E-state index contributed by atoms with van der Waals surface area (Å²) < 4.78 is 19.8. The number of benzene rings is 4. The van der Waals surface area contributed by atoms with Gasteiger partial charge in [0.05, 0.1) is 22.9 Å². The molecule has 1 amide bonds. The molecule has 68 heavy (non-hydrogen) atoms. The molecule has 22 heteroatoms. The van der Waals surface area contributed by atoms with Gasteiger partial charge >= 0.3 is 5.97 Å². The Morgan fingerprint density at radius 3 is 2.35 bits per heavy atom. The van der Waals surface area contributed by atoms with Gasteiger partial charge < -0.3 is 55.9 Å². The number of aromatic hydroxyl groups is 2. The number of anilines is 2. The molecule has 0 aliphatic carbocycles. The van der Waals surface area contributed by atoms with Crippen LogP contribution in [0.25, 0.3) is 11.2 Å². The molecule has 6 aromatic rings. The van der Waals surface area contributed by atoms with Crippen LogP contribution in [0.5, 0.6) is 23.0 Å². The molecule has 1 fully saturated rings. The SMILES string of the molecule is O=C(CCCCCNC(=S)Nc1ccc2c(c1)C(=O)OC21c2ccc(O)cc2Oc2cc(O)ccc21)NCCSC[C@H]1O[C@@H](n2cnc3c(NCc4ccc([N+](=O)[O-])cc4)ncnc32)[C@H](O)[C@@H]1O. The predicted octanol–water partition coefficient (Wildman–Crippen LogP) is 5.34. The summed E-state index contributed by atoms with van der Waals surface area (Å²) in [6.45, 7) is 1.31. The minimum absolute atomic E-state index is 0.00724. The van der Waals surface area contributed by atoms with Crippen LogP contribution in [0.2, 0.25) is 0 Å². The number of phenols is 2. The standard InChI is InChI=1S/C46H45N9O11S2/c56-28-10-13-32-34(19-28)64-35-20-29(57)11-14-33(35)46(32)31-12-7-26(18-30(31)44(61)66-46)53-45(67)48-15-3-1-2-4-37(58)47-16-17-68-22-36-39(59)40(60)43(65-36)54-24-52-38-41(50-23-51-42(38)54)49-21-25-5-8-27(9-6-25)55(62)63/h5-14,18-20,23-24,36,39-40,43,56-57,59-60H,1-4,15-17,21-22H2,(H,47,58)(H2,48,53,67)(H,49,50,51)/t36-,39-,40-,43-/m1/s1. The monoisotopic (exact) mass is 963 g/mol. The summed E-state index contributed by atoms with van der Waals surface area (Å²) in [6.07, 6.45) is 1.34. The maximum Gasteiger partial charge on any atom is 0.340 e. The minimum Gasteiger partial charge on any atom is -0.508 e. The van der Waals surface area contributed by atoms with E-state index in [0.29, 0.717) is 106 Å². The van der Waals surface area contributed by atoms with E-state index in [4.69, 9.17) is 26.4 Å². The Kier molecular flexibility index (Phi) is 13.3. The first-order chi connectivity index (χ1) is 32.9. The maximum absolute atomic E-state index is 13.4. The number of fused-ring (bicyclic) bond motifs is 7. The van der Waals surface area contributed by atoms with Crippen molar-refractivity contribution < 1.29 is 49.1 Å². The molecule has 20 nitrogen and oxygen atoms in total. The first kappa shape index (κ1) is 46.0. The third kappa shape index (κ3) is 9.27. The molecule has 0 radical (unpaired) electrons. The number of aliphatic hydroxyl groups is 2. The lowest BCUT2D eigenvalue weighted by Gasteiger charge is -2.36. The minimum atomic E-state index is -1.36. The number of aliphatic hydroxyl groups excluding tert-OH is 2. The molecule has 1 saturated heterocycles.